The molecule has 1 aliphatic heterocycles. The molecule has 0 spiro atoms. The normalized spacial score (nSPS) is 18.8. The van der Waals surface area contributed by atoms with E-state index < -0.39 is 0 Å². The van der Waals surface area contributed by atoms with Gasteiger partial charge in [-0.2, -0.15) is 0 Å². The zero-order valence-electron chi connectivity index (χ0n) is 12.6. The van der Waals surface area contributed by atoms with Crippen molar-refractivity contribution in [2.45, 2.75) is 32.7 Å². The summed E-state index contributed by atoms with van der Waals surface area (Å²) in [5, 5.41) is 13.2. The number of carbonyl (C=O) groups is 1. The molecule has 4 nitrogen and oxygen atoms in total. The minimum atomic E-state index is 0.00211. The third kappa shape index (κ3) is 4.32. The first kappa shape index (κ1) is 16.5. The fourth-order valence-electron chi connectivity index (χ4n) is 2.70. The maximum absolute atomic E-state index is 12.7. The van der Waals surface area contributed by atoms with Gasteiger partial charge in [0.2, 0.25) is 0 Å². The molecule has 116 valence electrons. The summed E-state index contributed by atoms with van der Waals surface area (Å²) < 4.78 is 0.761. The Balaban J connectivity index is 2.12. The van der Waals surface area contributed by atoms with Crippen LogP contribution in [0.3, 0.4) is 0 Å². The van der Waals surface area contributed by atoms with Crippen LogP contribution in [-0.4, -0.2) is 41.6 Å². The summed E-state index contributed by atoms with van der Waals surface area (Å²) in [6.45, 7) is 6.92. The number of rotatable bonds is 4. The van der Waals surface area contributed by atoms with E-state index in [1.165, 1.54) is 12.8 Å². The molecule has 1 heterocycles. The standard InChI is InChI=1S/C16H23IN2O2/c1-11(2)19(10-12-4-3-7-18-9-12)16(21)13-5-6-14(17)15(20)8-13/h5-6,8,11-12,18,20H,3-4,7,9-10H2,1-2H3. The van der Waals surface area contributed by atoms with Gasteiger partial charge in [-0.3, -0.25) is 4.79 Å². The predicted molar refractivity (Wildman–Crippen MR) is 92.6 cm³/mol. The van der Waals surface area contributed by atoms with Gasteiger partial charge in [0, 0.05) is 18.2 Å². The molecule has 1 aromatic rings. The Hall–Kier alpha value is -0.820. The van der Waals surface area contributed by atoms with E-state index in [4.69, 9.17) is 0 Å². The molecular formula is C16H23IN2O2. The monoisotopic (exact) mass is 402 g/mol. The second-order valence-corrected chi connectivity index (χ2v) is 7.09. The lowest BCUT2D eigenvalue weighted by atomic mass is 9.98. The number of hydrogen-bond donors (Lipinski definition) is 2. The van der Waals surface area contributed by atoms with Gasteiger partial charge in [-0.1, -0.05) is 0 Å². The Morgan fingerprint density at radius 1 is 1.52 bits per heavy atom. The molecular weight excluding hydrogens is 379 g/mol. The van der Waals surface area contributed by atoms with Gasteiger partial charge in [0.1, 0.15) is 5.75 Å². The van der Waals surface area contributed by atoms with E-state index in [1.807, 2.05) is 18.7 Å². The maximum Gasteiger partial charge on any atom is 0.254 e. The number of amides is 1. The zero-order chi connectivity index (χ0) is 15.4. The van der Waals surface area contributed by atoms with Gasteiger partial charge in [0.15, 0.2) is 0 Å². The van der Waals surface area contributed by atoms with E-state index in [0.29, 0.717) is 11.5 Å². The second-order valence-electron chi connectivity index (χ2n) is 5.93. The number of benzene rings is 1. The van der Waals surface area contributed by atoms with Crippen molar-refractivity contribution in [3.05, 3.63) is 27.3 Å². The van der Waals surface area contributed by atoms with Crippen LogP contribution in [0.2, 0.25) is 0 Å². The van der Waals surface area contributed by atoms with Gasteiger partial charge >= 0.3 is 0 Å². The quantitative estimate of drug-likeness (QED) is 0.762. The first-order valence-electron chi connectivity index (χ1n) is 7.49. The van der Waals surface area contributed by atoms with E-state index in [2.05, 4.69) is 27.9 Å². The van der Waals surface area contributed by atoms with Crippen LogP contribution in [0.5, 0.6) is 5.75 Å². The van der Waals surface area contributed by atoms with Crippen molar-refractivity contribution in [2.24, 2.45) is 5.92 Å². The highest BCUT2D eigenvalue weighted by atomic mass is 127. The lowest BCUT2D eigenvalue weighted by Crippen LogP contribution is -2.44. The van der Waals surface area contributed by atoms with Gasteiger partial charge in [-0.15, -0.1) is 0 Å². The molecule has 1 aliphatic rings. The summed E-state index contributed by atoms with van der Waals surface area (Å²) in [7, 11) is 0. The van der Waals surface area contributed by atoms with Crippen molar-refractivity contribution in [1.82, 2.24) is 10.2 Å². The molecule has 1 aromatic carbocycles. The first-order valence-corrected chi connectivity index (χ1v) is 8.57. The van der Waals surface area contributed by atoms with E-state index in [1.54, 1.807) is 18.2 Å². The highest BCUT2D eigenvalue weighted by Gasteiger charge is 2.24. The molecule has 0 bridgehead atoms. The van der Waals surface area contributed by atoms with Crippen LogP contribution in [0.1, 0.15) is 37.0 Å². The topological polar surface area (TPSA) is 52.6 Å². The number of nitrogens with zero attached hydrogens (tertiary/aromatic N) is 1. The molecule has 2 N–H and O–H groups in total. The van der Waals surface area contributed by atoms with E-state index >= 15 is 0 Å². The lowest BCUT2D eigenvalue weighted by Gasteiger charge is -2.33. The molecule has 0 radical (unpaired) electrons. The van der Waals surface area contributed by atoms with Gasteiger partial charge in [0.25, 0.3) is 5.91 Å². The van der Waals surface area contributed by atoms with Gasteiger partial charge in [0.05, 0.1) is 3.57 Å². The molecule has 0 aliphatic carbocycles. The Labute approximate surface area is 140 Å². The van der Waals surface area contributed by atoms with Crippen LogP contribution >= 0.6 is 22.6 Å². The molecule has 2 rings (SSSR count). The Kier molecular flexibility index (Phi) is 5.87. The fraction of sp³-hybridized carbons (Fsp3) is 0.562. The highest BCUT2D eigenvalue weighted by Crippen LogP contribution is 2.23. The van der Waals surface area contributed by atoms with Gasteiger partial charge in [-0.05, 0) is 86.5 Å². The van der Waals surface area contributed by atoms with E-state index in [-0.39, 0.29) is 17.7 Å². The molecule has 1 fully saturated rings. The number of carbonyl (C=O) groups excluding carboxylic acids is 1. The van der Waals surface area contributed by atoms with Crippen LogP contribution in [-0.2, 0) is 0 Å². The first-order chi connectivity index (χ1) is 9.99. The summed E-state index contributed by atoms with van der Waals surface area (Å²) in [4.78, 5) is 14.6. The van der Waals surface area contributed by atoms with Gasteiger partial charge in [-0.25, -0.2) is 0 Å². The summed E-state index contributed by atoms with van der Waals surface area (Å²) >= 11 is 2.06. The SMILES string of the molecule is CC(C)N(CC1CCCNC1)C(=O)c1ccc(I)c(O)c1. The van der Waals surface area contributed by atoms with Crippen molar-refractivity contribution in [3.63, 3.8) is 0 Å². The van der Waals surface area contributed by atoms with E-state index in [9.17, 15) is 9.90 Å². The minimum absolute atomic E-state index is 0.00211. The van der Waals surface area contributed by atoms with Crippen molar-refractivity contribution in [1.29, 1.82) is 0 Å². The van der Waals surface area contributed by atoms with Crippen LogP contribution in [0.15, 0.2) is 18.2 Å². The molecule has 0 aromatic heterocycles. The number of aromatic hydroxyl groups is 1. The molecule has 1 saturated heterocycles. The third-order valence-corrected chi connectivity index (χ3v) is 4.84. The van der Waals surface area contributed by atoms with E-state index in [0.717, 1.165) is 23.2 Å². The molecule has 21 heavy (non-hydrogen) atoms. The van der Waals surface area contributed by atoms with Crippen LogP contribution < -0.4 is 5.32 Å². The smallest absolute Gasteiger partial charge is 0.254 e. The molecule has 0 saturated carbocycles. The van der Waals surface area contributed by atoms with Crippen LogP contribution in [0.4, 0.5) is 0 Å². The van der Waals surface area contributed by atoms with Crippen LogP contribution in [0.25, 0.3) is 0 Å². The Morgan fingerprint density at radius 2 is 2.29 bits per heavy atom. The molecule has 1 unspecified atom stereocenters. The van der Waals surface area contributed by atoms with Crippen molar-refractivity contribution in [2.75, 3.05) is 19.6 Å². The largest absolute Gasteiger partial charge is 0.507 e. The number of piperidine rings is 1. The summed E-state index contributed by atoms with van der Waals surface area (Å²) in [5.74, 6) is 0.689. The number of phenols is 1. The predicted octanol–water partition coefficient (Wildman–Crippen LogP) is 2.85. The summed E-state index contributed by atoms with van der Waals surface area (Å²) in [5.41, 5.74) is 0.561. The summed E-state index contributed by atoms with van der Waals surface area (Å²) in [6.07, 6.45) is 2.34. The molecule has 5 heteroatoms. The highest BCUT2D eigenvalue weighted by molar-refractivity contribution is 14.1. The van der Waals surface area contributed by atoms with Crippen molar-refractivity contribution in [3.8, 4) is 5.75 Å². The maximum atomic E-state index is 12.7. The lowest BCUT2D eigenvalue weighted by molar-refractivity contribution is 0.0660. The fourth-order valence-corrected chi connectivity index (χ4v) is 3.03. The minimum Gasteiger partial charge on any atom is -0.507 e. The summed E-state index contributed by atoms with van der Waals surface area (Å²) in [6, 6.07) is 5.29. The Bertz CT molecular complexity index is 499. The second kappa shape index (κ2) is 7.45. The number of phenolic OH excluding ortho intramolecular Hbond substituents is 1. The van der Waals surface area contributed by atoms with Crippen molar-refractivity contribution >= 4 is 28.5 Å². The van der Waals surface area contributed by atoms with Crippen LogP contribution in [0, 0.1) is 9.49 Å². The van der Waals surface area contributed by atoms with Crippen molar-refractivity contribution < 1.29 is 9.90 Å². The number of nitrogens with one attached hydrogen (secondary N) is 1. The Morgan fingerprint density at radius 3 is 2.86 bits per heavy atom. The zero-order valence-corrected chi connectivity index (χ0v) is 14.8. The van der Waals surface area contributed by atoms with Gasteiger partial charge < -0.3 is 15.3 Å². The average Bonchev–Trinajstić information content (AvgIpc) is 2.47. The average molecular weight is 402 g/mol. The molecule has 1 atom stereocenters. The third-order valence-electron chi connectivity index (χ3n) is 3.93. The number of halogens is 1. The number of hydrogen-bond acceptors (Lipinski definition) is 3. The molecule has 1 amide bonds.